The average Bonchev–Trinajstić information content (AvgIpc) is 2.73. The van der Waals surface area contributed by atoms with Gasteiger partial charge in [-0.2, -0.15) is 0 Å². The molecule has 0 aliphatic heterocycles. The maximum atomic E-state index is 14.4. The van der Waals surface area contributed by atoms with Crippen LogP contribution in [0.1, 0.15) is 51.6 Å². The minimum Gasteiger partial charge on any atom is -0.310 e. The highest BCUT2D eigenvalue weighted by Gasteiger charge is 2.41. The van der Waals surface area contributed by atoms with Gasteiger partial charge in [-0.05, 0) is 58.8 Å². The molecule has 1 aromatic carbocycles. The van der Waals surface area contributed by atoms with E-state index in [4.69, 9.17) is 0 Å². The molecule has 20 heavy (non-hydrogen) atoms. The van der Waals surface area contributed by atoms with E-state index in [1.807, 2.05) is 6.92 Å². The van der Waals surface area contributed by atoms with E-state index in [1.54, 1.807) is 0 Å². The Kier molecular flexibility index (Phi) is 4.85. The zero-order valence-corrected chi connectivity index (χ0v) is 13.9. The first-order chi connectivity index (χ1) is 9.38. The Morgan fingerprint density at radius 3 is 2.65 bits per heavy atom. The fraction of sp³-hybridized carbons (Fsp3) is 0.625. The third-order valence-electron chi connectivity index (χ3n) is 4.56. The standard InChI is InChI=1S/C16H22BrF2N/c1-4-20-15(10-6-5-9-16(10,2)3)13-12(18)8-7-11(17)14(13)19/h7-8,10,15,20H,4-6,9H2,1-3H3. The summed E-state index contributed by atoms with van der Waals surface area (Å²) in [4.78, 5) is 0. The number of hydrogen-bond acceptors (Lipinski definition) is 1. The van der Waals surface area contributed by atoms with E-state index in [9.17, 15) is 8.78 Å². The Balaban J connectivity index is 2.46. The molecule has 1 aromatic rings. The summed E-state index contributed by atoms with van der Waals surface area (Å²) in [6.07, 6.45) is 3.24. The van der Waals surface area contributed by atoms with Crippen molar-refractivity contribution in [3.63, 3.8) is 0 Å². The molecule has 1 aliphatic carbocycles. The molecule has 4 heteroatoms. The van der Waals surface area contributed by atoms with Crippen LogP contribution in [0.25, 0.3) is 0 Å². The summed E-state index contributed by atoms with van der Waals surface area (Å²) in [5, 5.41) is 3.30. The number of rotatable bonds is 4. The molecule has 0 heterocycles. The van der Waals surface area contributed by atoms with Gasteiger partial charge in [0, 0.05) is 11.6 Å². The molecule has 1 N–H and O–H groups in total. The van der Waals surface area contributed by atoms with Crippen molar-refractivity contribution < 1.29 is 8.78 Å². The third kappa shape index (κ3) is 2.91. The second kappa shape index (κ2) is 6.10. The van der Waals surface area contributed by atoms with Crippen molar-refractivity contribution in [3.8, 4) is 0 Å². The van der Waals surface area contributed by atoms with E-state index < -0.39 is 11.6 Å². The molecule has 0 radical (unpaired) electrons. The smallest absolute Gasteiger partial charge is 0.145 e. The molecule has 112 valence electrons. The molecular weight excluding hydrogens is 324 g/mol. The van der Waals surface area contributed by atoms with Gasteiger partial charge in [0.1, 0.15) is 11.6 Å². The van der Waals surface area contributed by atoms with Crippen LogP contribution in [-0.2, 0) is 0 Å². The minimum absolute atomic E-state index is 0.105. The molecule has 1 saturated carbocycles. The number of hydrogen-bond donors (Lipinski definition) is 1. The molecule has 0 amide bonds. The molecule has 2 atom stereocenters. The highest BCUT2D eigenvalue weighted by atomic mass is 79.9. The topological polar surface area (TPSA) is 12.0 Å². The van der Waals surface area contributed by atoms with Crippen LogP contribution in [0.3, 0.4) is 0 Å². The molecule has 0 saturated heterocycles. The van der Waals surface area contributed by atoms with Crippen LogP contribution >= 0.6 is 15.9 Å². The van der Waals surface area contributed by atoms with Crippen molar-refractivity contribution in [1.82, 2.24) is 5.32 Å². The van der Waals surface area contributed by atoms with Crippen molar-refractivity contribution in [1.29, 1.82) is 0 Å². The molecular formula is C16H22BrF2N. The summed E-state index contributed by atoms with van der Waals surface area (Å²) in [6.45, 7) is 7.07. The first-order valence-electron chi connectivity index (χ1n) is 7.25. The molecule has 1 nitrogen and oxygen atoms in total. The predicted molar refractivity (Wildman–Crippen MR) is 81.6 cm³/mol. The maximum absolute atomic E-state index is 14.4. The van der Waals surface area contributed by atoms with Gasteiger partial charge in [-0.15, -0.1) is 0 Å². The lowest BCUT2D eigenvalue weighted by atomic mass is 9.75. The molecule has 0 aromatic heterocycles. The fourth-order valence-corrected chi connectivity index (χ4v) is 3.81. The van der Waals surface area contributed by atoms with Gasteiger partial charge in [0.05, 0.1) is 4.47 Å². The highest BCUT2D eigenvalue weighted by Crippen LogP contribution is 2.49. The third-order valence-corrected chi connectivity index (χ3v) is 5.17. The van der Waals surface area contributed by atoms with E-state index >= 15 is 0 Å². The first kappa shape index (κ1) is 15.9. The molecule has 2 rings (SSSR count). The quantitative estimate of drug-likeness (QED) is 0.739. The normalized spacial score (nSPS) is 23.0. The van der Waals surface area contributed by atoms with Gasteiger partial charge in [0.25, 0.3) is 0 Å². The Bertz CT molecular complexity index is 488. The van der Waals surface area contributed by atoms with Crippen LogP contribution in [0, 0.1) is 23.0 Å². The minimum atomic E-state index is -0.473. The summed E-state index contributed by atoms with van der Waals surface area (Å²) in [6, 6.07) is 2.50. The molecule has 0 spiro atoms. The summed E-state index contributed by atoms with van der Waals surface area (Å²) in [5.41, 5.74) is 0.287. The van der Waals surface area contributed by atoms with E-state index in [0.29, 0.717) is 11.0 Å². The van der Waals surface area contributed by atoms with E-state index in [1.165, 1.54) is 12.1 Å². The summed E-state index contributed by atoms with van der Waals surface area (Å²) < 4.78 is 28.9. The average molecular weight is 346 g/mol. The van der Waals surface area contributed by atoms with Crippen molar-refractivity contribution in [3.05, 3.63) is 33.8 Å². The van der Waals surface area contributed by atoms with Crippen LogP contribution in [0.2, 0.25) is 0 Å². The second-order valence-electron chi connectivity index (χ2n) is 6.28. The maximum Gasteiger partial charge on any atom is 0.145 e. The van der Waals surface area contributed by atoms with Gasteiger partial charge in [-0.3, -0.25) is 0 Å². The highest BCUT2D eigenvalue weighted by molar-refractivity contribution is 9.10. The molecule has 2 unspecified atom stereocenters. The van der Waals surface area contributed by atoms with Crippen molar-refractivity contribution in [2.24, 2.45) is 11.3 Å². The SMILES string of the molecule is CCNC(c1c(F)ccc(Br)c1F)C1CCCC1(C)C. The van der Waals surface area contributed by atoms with E-state index in [-0.39, 0.29) is 22.9 Å². The van der Waals surface area contributed by atoms with Crippen LogP contribution in [0.4, 0.5) is 8.78 Å². The lowest BCUT2D eigenvalue weighted by Gasteiger charge is -2.35. The zero-order valence-electron chi connectivity index (χ0n) is 12.3. The molecule has 1 aliphatic rings. The second-order valence-corrected chi connectivity index (χ2v) is 7.13. The number of benzene rings is 1. The van der Waals surface area contributed by atoms with E-state index in [2.05, 4.69) is 35.1 Å². The summed E-state index contributed by atoms with van der Waals surface area (Å²) in [7, 11) is 0. The van der Waals surface area contributed by atoms with Gasteiger partial charge in [-0.25, -0.2) is 8.78 Å². The van der Waals surface area contributed by atoms with Gasteiger partial charge in [-0.1, -0.05) is 27.2 Å². The zero-order chi connectivity index (χ0) is 14.9. The number of nitrogens with one attached hydrogen (secondary N) is 1. The van der Waals surface area contributed by atoms with Gasteiger partial charge < -0.3 is 5.32 Å². The lowest BCUT2D eigenvalue weighted by Crippen LogP contribution is -2.35. The van der Waals surface area contributed by atoms with Crippen LogP contribution in [0.5, 0.6) is 0 Å². The summed E-state index contributed by atoms with van der Waals surface area (Å²) >= 11 is 3.17. The Morgan fingerprint density at radius 1 is 1.40 bits per heavy atom. The first-order valence-corrected chi connectivity index (χ1v) is 8.04. The van der Waals surface area contributed by atoms with Crippen molar-refractivity contribution in [2.75, 3.05) is 6.54 Å². The largest absolute Gasteiger partial charge is 0.310 e. The van der Waals surface area contributed by atoms with Gasteiger partial charge >= 0.3 is 0 Å². The Hall–Kier alpha value is -0.480. The van der Waals surface area contributed by atoms with Crippen molar-refractivity contribution >= 4 is 15.9 Å². The molecule has 1 fully saturated rings. The predicted octanol–water partition coefficient (Wildman–Crippen LogP) is 5.20. The van der Waals surface area contributed by atoms with Crippen LogP contribution in [-0.4, -0.2) is 6.54 Å². The Labute approximate surface area is 128 Å². The van der Waals surface area contributed by atoms with Gasteiger partial charge in [0.2, 0.25) is 0 Å². The fourth-order valence-electron chi connectivity index (χ4n) is 3.46. The van der Waals surface area contributed by atoms with Crippen LogP contribution in [0.15, 0.2) is 16.6 Å². The monoisotopic (exact) mass is 345 g/mol. The number of halogens is 3. The van der Waals surface area contributed by atoms with Crippen LogP contribution < -0.4 is 5.32 Å². The lowest BCUT2D eigenvalue weighted by molar-refractivity contribution is 0.193. The van der Waals surface area contributed by atoms with Crippen molar-refractivity contribution in [2.45, 2.75) is 46.1 Å². The summed E-state index contributed by atoms with van der Waals surface area (Å²) in [5.74, 6) is -0.682. The van der Waals surface area contributed by atoms with Gasteiger partial charge in [0.15, 0.2) is 0 Å². The van der Waals surface area contributed by atoms with E-state index in [0.717, 1.165) is 19.3 Å². The molecule has 0 bridgehead atoms. The Morgan fingerprint density at radius 2 is 2.10 bits per heavy atom.